The fourth-order valence-corrected chi connectivity index (χ4v) is 3.18. The van der Waals surface area contributed by atoms with Gasteiger partial charge in [-0.05, 0) is 25.1 Å². The Labute approximate surface area is 136 Å². The van der Waals surface area contributed by atoms with Crippen molar-refractivity contribution in [1.29, 1.82) is 0 Å². The highest BCUT2D eigenvalue weighted by Gasteiger charge is 2.12. The number of carbonyl (C=O) groups excluding carboxylic acids is 3. The van der Waals surface area contributed by atoms with Crippen LogP contribution in [0, 0.1) is 0 Å². The molecule has 0 aliphatic rings. The van der Waals surface area contributed by atoms with E-state index in [2.05, 4.69) is 10.3 Å². The standard InChI is InChI=1S/C15H17N3O4S/c1-4-22-14(21)8-18-12-6-5-11(16-9(2)19)7-13(12)23-15(18)17-10(3)20/h5-7H,4,8H2,1-3H3,(H,16,19). The lowest BCUT2D eigenvalue weighted by atomic mass is 10.3. The number of aromatic nitrogens is 1. The number of nitrogens with zero attached hydrogens (tertiary/aromatic N) is 2. The Morgan fingerprint density at radius 3 is 2.65 bits per heavy atom. The van der Waals surface area contributed by atoms with Gasteiger partial charge in [-0.2, -0.15) is 4.99 Å². The van der Waals surface area contributed by atoms with Gasteiger partial charge in [-0.3, -0.25) is 14.4 Å². The topological polar surface area (TPSA) is 89.8 Å². The summed E-state index contributed by atoms with van der Waals surface area (Å²) in [6.45, 7) is 4.76. The number of amides is 2. The van der Waals surface area contributed by atoms with Crippen molar-refractivity contribution in [1.82, 2.24) is 4.57 Å². The average molecular weight is 335 g/mol. The normalized spacial score (nSPS) is 11.5. The second-order valence-electron chi connectivity index (χ2n) is 4.77. The molecule has 0 fully saturated rings. The number of benzene rings is 1. The summed E-state index contributed by atoms with van der Waals surface area (Å²) in [5, 5.41) is 2.70. The monoisotopic (exact) mass is 335 g/mol. The number of esters is 1. The molecule has 0 radical (unpaired) electrons. The van der Waals surface area contributed by atoms with E-state index in [1.165, 1.54) is 25.2 Å². The summed E-state index contributed by atoms with van der Waals surface area (Å²) < 4.78 is 7.40. The van der Waals surface area contributed by atoms with Crippen LogP contribution in [0.25, 0.3) is 10.2 Å². The molecule has 2 rings (SSSR count). The second kappa shape index (κ2) is 7.19. The number of nitrogens with one attached hydrogen (secondary N) is 1. The summed E-state index contributed by atoms with van der Waals surface area (Å²) in [6, 6.07) is 5.29. The summed E-state index contributed by atoms with van der Waals surface area (Å²) >= 11 is 1.27. The molecule has 0 saturated carbocycles. The van der Waals surface area contributed by atoms with Gasteiger partial charge in [0.1, 0.15) is 6.54 Å². The van der Waals surface area contributed by atoms with Crippen molar-refractivity contribution in [2.24, 2.45) is 4.99 Å². The highest BCUT2D eigenvalue weighted by Crippen LogP contribution is 2.22. The third-order valence-electron chi connectivity index (χ3n) is 2.85. The molecule has 1 aromatic heterocycles. The maximum Gasteiger partial charge on any atom is 0.326 e. The molecule has 0 saturated heterocycles. The van der Waals surface area contributed by atoms with Crippen LogP contribution in [0.5, 0.6) is 0 Å². The Balaban J connectivity index is 2.54. The molecule has 8 heteroatoms. The van der Waals surface area contributed by atoms with Crippen LogP contribution in [0.15, 0.2) is 23.2 Å². The molecule has 122 valence electrons. The number of carbonyl (C=O) groups is 3. The Morgan fingerprint density at radius 2 is 2.04 bits per heavy atom. The van der Waals surface area contributed by atoms with Crippen molar-refractivity contribution in [3.63, 3.8) is 0 Å². The van der Waals surface area contributed by atoms with Crippen LogP contribution < -0.4 is 10.1 Å². The first-order valence-corrected chi connectivity index (χ1v) is 7.84. The van der Waals surface area contributed by atoms with Gasteiger partial charge >= 0.3 is 5.97 Å². The predicted octanol–water partition coefficient (Wildman–Crippen LogP) is 1.67. The number of thiazole rings is 1. The van der Waals surface area contributed by atoms with Crippen LogP contribution in [-0.4, -0.2) is 29.0 Å². The van der Waals surface area contributed by atoms with E-state index in [4.69, 9.17) is 4.74 Å². The van der Waals surface area contributed by atoms with Crippen molar-refractivity contribution in [3.05, 3.63) is 23.0 Å². The minimum Gasteiger partial charge on any atom is -0.465 e. The van der Waals surface area contributed by atoms with E-state index in [1.54, 1.807) is 29.7 Å². The molecule has 1 N–H and O–H groups in total. The Bertz CT molecular complexity index is 835. The summed E-state index contributed by atoms with van der Waals surface area (Å²) in [6.07, 6.45) is 0. The maximum absolute atomic E-state index is 11.8. The number of hydrogen-bond donors (Lipinski definition) is 1. The highest BCUT2D eigenvalue weighted by molar-refractivity contribution is 7.16. The summed E-state index contributed by atoms with van der Waals surface area (Å²) in [7, 11) is 0. The molecule has 0 spiro atoms. The minimum atomic E-state index is -0.400. The number of ether oxygens (including phenoxy) is 1. The maximum atomic E-state index is 11.8. The first-order chi connectivity index (χ1) is 10.9. The third kappa shape index (κ3) is 4.26. The summed E-state index contributed by atoms with van der Waals surface area (Å²) in [4.78, 5) is 38.6. The van der Waals surface area contributed by atoms with Crippen molar-refractivity contribution in [2.45, 2.75) is 27.3 Å². The lowest BCUT2D eigenvalue weighted by Crippen LogP contribution is -2.22. The van der Waals surface area contributed by atoms with Gasteiger partial charge in [0.2, 0.25) is 11.8 Å². The molecule has 2 aromatic rings. The van der Waals surface area contributed by atoms with Crippen LogP contribution in [0.2, 0.25) is 0 Å². The first kappa shape index (κ1) is 16.9. The quantitative estimate of drug-likeness (QED) is 0.861. The van der Waals surface area contributed by atoms with Gasteiger partial charge in [-0.15, -0.1) is 0 Å². The van der Waals surface area contributed by atoms with Gasteiger partial charge in [0.05, 0.1) is 16.8 Å². The molecule has 7 nitrogen and oxygen atoms in total. The smallest absolute Gasteiger partial charge is 0.326 e. The van der Waals surface area contributed by atoms with E-state index >= 15 is 0 Å². The predicted molar refractivity (Wildman–Crippen MR) is 87.0 cm³/mol. The zero-order valence-corrected chi connectivity index (χ0v) is 13.9. The fraction of sp³-hybridized carbons (Fsp3) is 0.333. The zero-order chi connectivity index (χ0) is 17.0. The molecule has 1 aromatic carbocycles. The third-order valence-corrected chi connectivity index (χ3v) is 3.89. The van der Waals surface area contributed by atoms with Crippen LogP contribution >= 0.6 is 11.3 Å². The summed E-state index contributed by atoms with van der Waals surface area (Å²) in [5.74, 6) is -0.923. The molecule has 0 aliphatic heterocycles. The molecule has 0 aliphatic carbocycles. The van der Waals surface area contributed by atoms with E-state index in [0.717, 1.165) is 10.2 Å². The zero-order valence-electron chi connectivity index (χ0n) is 13.1. The largest absolute Gasteiger partial charge is 0.465 e. The van der Waals surface area contributed by atoms with Gasteiger partial charge in [-0.25, -0.2) is 0 Å². The molecule has 1 heterocycles. The van der Waals surface area contributed by atoms with Gasteiger partial charge < -0.3 is 14.6 Å². The van der Waals surface area contributed by atoms with Crippen molar-refractivity contribution < 1.29 is 19.1 Å². The Kier molecular flexibility index (Phi) is 5.28. The van der Waals surface area contributed by atoms with Gasteiger partial charge in [0.15, 0.2) is 4.80 Å². The number of fused-ring (bicyclic) bond motifs is 1. The second-order valence-corrected chi connectivity index (χ2v) is 5.78. The first-order valence-electron chi connectivity index (χ1n) is 7.02. The molecular weight excluding hydrogens is 318 g/mol. The van der Waals surface area contributed by atoms with Crippen LogP contribution in [0.1, 0.15) is 20.8 Å². The van der Waals surface area contributed by atoms with E-state index in [9.17, 15) is 14.4 Å². The fourth-order valence-electron chi connectivity index (χ4n) is 2.06. The van der Waals surface area contributed by atoms with Crippen LogP contribution in [-0.2, 0) is 25.7 Å². The van der Waals surface area contributed by atoms with Crippen LogP contribution in [0.3, 0.4) is 0 Å². The average Bonchev–Trinajstić information content (AvgIpc) is 2.74. The van der Waals surface area contributed by atoms with Crippen molar-refractivity contribution in [3.8, 4) is 0 Å². The van der Waals surface area contributed by atoms with Crippen LogP contribution in [0.4, 0.5) is 5.69 Å². The number of hydrogen-bond acceptors (Lipinski definition) is 5. The summed E-state index contributed by atoms with van der Waals surface area (Å²) in [5.41, 5.74) is 1.39. The molecule has 0 bridgehead atoms. The molecule has 2 amide bonds. The van der Waals surface area contributed by atoms with Gasteiger partial charge in [-0.1, -0.05) is 11.3 Å². The number of anilines is 1. The molecule has 0 unspecified atom stereocenters. The molecular formula is C15H17N3O4S. The molecule has 0 atom stereocenters. The van der Waals surface area contributed by atoms with Gasteiger partial charge in [0, 0.05) is 19.5 Å². The van der Waals surface area contributed by atoms with E-state index in [-0.39, 0.29) is 25.0 Å². The van der Waals surface area contributed by atoms with Crippen molar-refractivity contribution in [2.75, 3.05) is 11.9 Å². The lowest BCUT2D eigenvalue weighted by molar-refractivity contribution is -0.143. The van der Waals surface area contributed by atoms with E-state index < -0.39 is 5.97 Å². The lowest BCUT2D eigenvalue weighted by Gasteiger charge is -2.06. The Morgan fingerprint density at radius 1 is 1.30 bits per heavy atom. The minimum absolute atomic E-state index is 0.0283. The van der Waals surface area contributed by atoms with Crippen molar-refractivity contribution >= 4 is 45.0 Å². The highest BCUT2D eigenvalue weighted by atomic mass is 32.1. The SMILES string of the molecule is CCOC(=O)Cn1c(=NC(C)=O)sc2cc(NC(C)=O)ccc21. The number of rotatable bonds is 4. The van der Waals surface area contributed by atoms with E-state index in [0.29, 0.717) is 10.5 Å². The van der Waals surface area contributed by atoms with Gasteiger partial charge in [0.25, 0.3) is 0 Å². The van der Waals surface area contributed by atoms with E-state index in [1.807, 2.05) is 0 Å². The Hall–Kier alpha value is -2.48. The molecule has 23 heavy (non-hydrogen) atoms.